The van der Waals surface area contributed by atoms with Crippen LogP contribution in [-0.2, 0) is 4.79 Å². The maximum atomic E-state index is 12.3. The van der Waals surface area contributed by atoms with E-state index in [0.717, 1.165) is 36.5 Å². The Morgan fingerprint density at radius 3 is 2.50 bits per heavy atom. The summed E-state index contributed by atoms with van der Waals surface area (Å²) in [6.45, 7) is 1.65. The van der Waals surface area contributed by atoms with Crippen molar-refractivity contribution in [3.63, 3.8) is 0 Å². The normalized spacial score (nSPS) is 13.8. The summed E-state index contributed by atoms with van der Waals surface area (Å²) in [4.78, 5) is 27.0. The van der Waals surface area contributed by atoms with Gasteiger partial charge in [-0.05, 0) is 66.8 Å². The average Bonchev–Trinajstić information content (AvgIpc) is 3.33. The molecule has 2 heterocycles. The molecule has 134 valence electrons. The quantitative estimate of drug-likeness (QED) is 0.625. The molecule has 0 bridgehead atoms. The van der Waals surface area contributed by atoms with Crippen LogP contribution in [0.2, 0.25) is 0 Å². The van der Waals surface area contributed by atoms with Gasteiger partial charge in [0.1, 0.15) is 0 Å². The average molecular weight is 386 g/mol. The first kappa shape index (κ1) is 18.3. The Bertz CT molecular complexity index is 808. The molecule has 2 aromatic rings. The number of nitrogens with one attached hydrogen (secondary N) is 2. The largest absolute Gasteiger partial charge is 0.339 e. The van der Waals surface area contributed by atoms with Gasteiger partial charge in [0, 0.05) is 35.3 Å². The first-order valence-electron chi connectivity index (χ1n) is 8.35. The molecule has 1 aromatic heterocycles. The molecular formula is C19H19N3O2S2. The van der Waals surface area contributed by atoms with Gasteiger partial charge in [0.2, 0.25) is 5.91 Å². The monoisotopic (exact) mass is 385 g/mol. The van der Waals surface area contributed by atoms with E-state index in [1.165, 1.54) is 6.08 Å². The minimum Gasteiger partial charge on any atom is -0.339 e. The fourth-order valence-corrected chi connectivity index (χ4v) is 3.50. The first-order valence-corrected chi connectivity index (χ1v) is 9.63. The number of anilines is 1. The van der Waals surface area contributed by atoms with Crippen molar-refractivity contribution in [1.29, 1.82) is 0 Å². The molecule has 0 saturated carbocycles. The lowest BCUT2D eigenvalue weighted by Crippen LogP contribution is -2.32. The summed E-state index contributed by atoms with van der Waals surface area (Å²) in [6, 6.07) is 10.9. The molecule has 0 atom stereocenters. The number of hydrogen-bond donors (Lipinski definition) is 2. The van der Waals surface area contributed by atoms with Gasteiger partial charge in [0.25, 0.3) is 5.91 Å². The molecule has 0 aliphatic carbocycles. The molecule has 1 aromatic carbocycles. The third-order valence-corrected chi connectivity index (χ3v) is 5.00. The van der Waals surface area contributed by atoms with Crippen molar-refractivity contribution in [2.45, 2.75) is 12.8 Å². The van der Waals surface area contributed by atoms with E-state index in [0.29, 0.717) is 5.56 Å². The number of rotatable bonds is 4. The molecule has 1 aliphatic heterocycles. The van der Waals surface area contributed by atoms with Crippen LogP contribution in [-0.4, -0.2) is 34.9 Å². The van der Waals surface area contributed by atoms with Crippen molar-refractivity contribution < 1.29 is 9.59 Å². The van der Waals surface area contributed by atoms with Gasteiger partial charge in [-0.3, -0.25) is 14.9 Å². The van der Waals surface area contributed by atoms with Crippen LogP contribution in [0.15, 0.2) is 47.9 Å². The van der Waals surface area contributed by atoms with Gasteiger partial charge in [-0.2, -0.15) is 0 Å². The van der Waals surface area contributed by atoms with Crippen molar-refractivity contribution in [2.24, 2.45) is 0 Å². The molecule has 2 amide bonds. The van der Waals surface area contributed by atoms with Crippen molar-refractivity contribution in [3.05, 3.63) is 58.3 Å². The van der Waals surface area contributed by atoms with Crippen LogP contribution in [0.25, 0.3) is 6.08 Å². The van der Waals surface area contributed by atoms with Crippen molar-refractivity contribution in [2.75, 3.05) is 18.4 Å². The fourth-order valence-electron chi connectivity index (χ4n) is 2.66. The number of benzene rings is 1. The second kappa shape index (κ2) is 8.73. The highest BCUT2D eigenvalue weighted by molar-refractivity contribution is 7.80. The lowest BCUT2D eigenvalue weighted by atomic mass is 10.2. The predicted octanol–water partition coefficient (Wildman–Crippen LogP) is 3.51. The zero-order valence-corrected chi connectivity index (χ0v) is 15.7. The van der Waals surface area contributed by atoms with Gasteiger partial charge in [-0.1, -0.05) is 6.07 Å². The molecule has 5 nitrogen and oxygen atoms in total. The highest BCUT2D eigenvalue weighted by Gasteiger charge is 2.19. The van der Waals surface area contributed by atoms with E-state index in [4.69, 9.17) is 12.2 Å². The summed E-state index contributed by atoms with van der Waals surface area (Å²) in [7, 11) is 0. The van der Waals surface area contributed by atoms with Gasteiger partial charge in [0.15, 0.2) is 5.11 Å². The van der Waals surface area contributed by atoms with Crippen LogP contribution >= 0.6 is 23.6 Å². The highest BCUT2D eigenvalue weighted by Crippen LogP contribution is 2.15. The number of carbonyl (C=O) groups is 2. The molecule has 0 spiro atoms. The summed E-state index contributed by atoms with van der Waals surface area (Å²) in [5.41, 5.74) is 1.38. The molecule has 1 saturated heterocycles. The third kappa shape index (κ3) is 5.00. The number of nitrogens with zero attached hydrogens (tertiary/aromatic N) is 1. The molecule has 7 heteroatoms. The Morgan fingerprint density at radius 1 is 1.12 bits per heavy atom. The topological polar surface area (TPSA) is 61.4 Å². The van der Waals surface area contributed by atoms with Crippen molar-refractivity contribution >= 4 is 52.2 Å². The summed E-state index contributed by atoms with van der Waals surface area (Å²) in [5.74, 6) is -0.236. The van der Waals surface area contributed by atoms with E-state index in [-0.39, 0.29) is 16.9 Å². The van der Waals surface area contributed by atoms with E-state index in [9.17, 15) is 9.59 Å². The maximum Gasteiger partial charge on any atom is 0.253 e. The number of hydrogen-bond acceptors (Lipinski definition) is 4. The smallest absolute Gasteiger partial charge is 0.253 e. The van der Waals surface area contributed by atoms with Crippen LogP contribution in [0.1, 0.15) is 28.1 Å². The van der Waals surface area contributed by atoms with Gasteiger partial charge in [-0.15, -0.1) is 11.3 Å². The van der Waals surface area contributed by atoms with Crippen molar-refractivity contribution in [1.82, 2.24) is 10.2 Å². The van der Waals surface area contributed by atoms with Crippen LogP contribution in [0, 0.1) is 0 Å². The summed E-state index contributed by atoms with van der Waals surface area (Å²) >= 11 is 6.70. The SMILES string of the molecule is O=C(/C=C/c1cccs1)NC(=S)Nc1ccc(C(=O)N2CCCC2)cc1. The molecule has 1 aliphatic rings. The van der Waals surface area contributed by atoms with Gasteiger partial charge in [-0.25, -0.2) is 0 Å². The lowest BCUT2D eigenvalue weighted by molar-refractivity contribution is -0.115. The van der Waals surface area contributed by atoms with Gasteiger partial charge >= 0.3 is 0 Å². The molecule has 0 unspecified atom stereocenters. The van der Waals surface area contributed by atoms with E-state index in [1.807, 2.05) is 22.4 Å². The van der Waals surface area contributed by atoms with Gasteiger partial charge < -0.3 is 10.2 Å². The van der Waals surface area contributed by atoms with Crippen LogP contribution in [0.5, 0.6) is 0 Å². The second-order valence-corrected chi connectivity index (χ2v) is 7.26. The number of amides is 2. The molecular weight excluding hydrogens is 366 g/mol. The Balaban J connectivity index is 1.51. The number of thiophene rings is 1. The molecule has 3 rings (SSSR count). The van der Waals surface area contributed by atoms with Gasteiger partial charge in [0.05, 0.1) is 0 Å². The zero-order chi connectivity index (χ0) is 18.4. The standard InChI is InChI=1S/C19H19N3O2S2/c23-17(10-9-16-4-3-13-26-16)21-19(25)20-15-7-5-14(6-8-15)18(24)22-11-1-2-12-22/h3-10,13H,1-2,11-12H2,(H2,20,21,23,25)/b10-9+. The molecule has 0 radical (unpaired) electrons. The number of carbonyl (C=O) groups excluding carboxylic acids is 2. The first-order chi connectivity index (χ1) is 12.6. The fraction of sp³-hybridized carbons (Fsp3) is 0.211. The van der Waals surface area contributed by atoms with Crippen LogP contribution in [0.3, 0.4) is 0 Å². The Kier molecular flexibility index (Phi) is 6.14. The highest BCUT2D eigenvalue weighted by atomic mass is 32.1. The summed E-state index contributed by atoms with van der Waals surface area (Å²) in [5, 5.41) is 7.70. The van der Waals surface area contributed by atoms with E-state index in [1.54, 1.807) is 41.7 Å². The summed E-state index contributed by atoms with van der Waals surface area (Å²) < 4.78 is 0. The summed E-state index contributed by atoms with van der Waals surface area (Å²) in [6.07, 6.45) is 5.32. The van der Waals surface area contributed by atoms with E-state index >= 15 is 0 Å². The molecule has 26 heavy (non-hydrogen) atoms. The number of thiocarbonyl (C=S) groups is 1. The van der Waals surface area contributed by atoms with E-state index in [2.05, 4.69) is 10.6 Å². The zero-order valence-electron chi connectivity index (χ0n) is 14.1. The minimum atomic E-state index is -0.295. The Labute approximate surface area is 161 Å². The Hall–Kier alpha value is -2.51. The Morgan fingerprint density at radius 2 is 1.85 bits per heavy atom. The number of likely N-dealkylation sites (tertiary alicyclic amines) is 1. The lowest BCUT2D eigenvalue weighted by Gasteiger charge is -2.15. The third-order valence-electron chi connectivity index (χ3n) is 3.96. The van der Waals surface area contributed by atoms with Crippen molar-refractivity contribution in [3.8, 4) is 0 Å². The minimum absolute atomic E-state index is 0.0589. The predicted molar refractivity (Wildman–Crippen MR) is 109 cm³/mol. The second-order valence-electron chi connectivity index (χ2n) is 5.87. The maximum absolute atomic E-state index is 12.3. The van der Waals surface area contributed by atoms with Crippen LogP contribution in [0.4, 0.5) is 5.69 Å². The van der Waals surface area contributed by atoms with E-state index < -0.39 is 0 Å². The molecule has 2 N–H and O–H groups in total. The molecule has 1 fully saturated rings. The van der Waals surface area contributed by atoms with Crippen LogP contribution < -0.4 is 10.6 Å².